The van der Waals surface area contributed by atoms with E-state index >= 15 is 0 Å². The minimum atomic E-state index is -0.249. The van der Waals surface area contributed by atoms with Gasteiger partial charge in [0.25, 0.3) is 5.91 Å². The molecule has 2 heterocycles. The lowest BCUT2D eigenvalue weighted by Gasteiger charge is -2.35. The number of nitrogens with zero attached hydrogens (tertiary/aromatic N) is 1. The van der Waals surface area contributed by atoms with Gasteiger partial charge in [-0.1, -0.05) is 50.2 Å². The smallest absolute Gasteiger partial charge is 0.255 e. The molecule has 30 heavy (non-hydrogen) atoms. The number of fused-ring (bicyclic) bond motifs is 1. The van der Waals surface area contributed by atoms with Gasteiger partial charge in [0.1, 0.15) is 0 Å². The zero-order valence-electron chi connectivity index (χ0n) is 17.8. The van der Waals surface area contributed by atoms with Crippen LogP contribution in [0.3, 0.4) is 0 Å². The van der Waals surface area contributed by atoms with Gasteiger partial charge < -0.3 is 15.0 Å². The highest BCUT2D eigenvalue weighted by molar-refractivity contribution is 6.03. The first-order chi connectivity index (χ1) is 14.5. The van der Waals surface area contributed by atoms with E-state index in [0.29, 0.717) is 29.7 Å². The van der Waals surface area contributed by atoms with E-state index in [0.717, 1.165) is 31.5 Å². The Balaban J connectivity index is 1.47. The van der Waals surface area contributed by atoms with Crippen LogP contribution in [-0.2, 0) is 16.0 Å². The number of likely N-dealkylation sites (tertiary alicyclic amines) is 1. The van der Waals surface area contributed by atoms with Crippen molar-refractivity contribution in [1.29, 1.82) is 0 Å². The van der Waals surface area contributed by atoms with Crippen molar-refractivity contribution in [3.8, 4) is 0 Å². The molecular formula is C25H30N2O3. The summed E-state index contributed by atoms with van der Waals surface area (Å²) in [4.78, 5) is 27.9. The molecule has 0 aliphatic carbocycles. The number of piperidine rings is 1. The minimum Gasteiger partial charge on any atom is -0.373 e. The number of amides is 2. The van der Waals surface area contributed by atoms with Crippen molar-refractivity contribution in [2.45, 2.75) is 39.2 Å². The van der Waals surface area contributed by atoms with E-state index in [-0.39, 0.29) is 24.3 Å². The van der Waals surface area contributed by atoms with Gasteiger partial charge in [-0.15, -0.1) is 0 Å². The number of nitrogens with one attached hydrogen (secondary N) is 1. The quantitative estimate of drug-likeness (QED) is 0.816. The van der Waals surface area contributed by atoms with E-state index < -0.39 is 0 Å². The maximum atomic E-state index is 13.2. The highest BCUT2D eigenvalue weighted by atomic mass is 16.5. The average Bonchev–Trinajstić information content (AvgIpc) is 2.73. The molecule has 2 aromatic rings. The second-order valence-electron chi connectivity index (χ2n) is 8.76. The second-order valence-corrected chi connectivity index (χ2v) is 8.76. The fourth-order valence-corrected chi connectivity index (χ4v) is 4.79. The molecule has 2 aromatic carbocycles. The summed E-state index contributed by atoms with van der Waals surface area (Å²) in [6.45, 7) is 6.52. The van der Waals surface area contributed by atoms with E-state index in [4.69, 9.17) is 4.74 Å². The van der Waals surface area contributed by atoms with Gasteiger partial charge in [0, 0.05) is 13.1 Å². The summed E-state index contributed by atoms with van der Waals surface area (Å²) >= 11 is 0. The molecule has 2 amide bonds. The lowest BCUT2D eigenvalue weighted by molar-refractivity contribution is -0.119. The molecule has 1 N–H and O–H groups in total. The van der Waals surface area contributed by atoms with Crippen LogP contribution >= 0.6 is 0 Å². The van der Waals surface area contributed by atoms with Crippen molar-refractivity contribution in [3.63, 3.8) is 0 Å². The van der Waals surface area contributed by atoms with Gasteiger partial charge in [-0.3, -0.25) is 9.59 Å². The van der Waals surface area contributed by atoms with Crippen LogP contribution in [0, 0.1) is 11.8 Å². The highest BCUT2D eigenvalue weighted by Crippen LogP contribution is 2.30. The van der Waals surface area contributed by atoms with Crippen molar-refractivity contribution in [3.05, 3.63) is 65.2 Å². The van der Waals surface area contributed by atoms with E-state index in [2.05, 4.69) is 25.2 Å². The Bertz CT molecular complexity index is 916. The Hall–Kier alpha value is -2.66. The van der Waals surface area contributed by atoms with Crippen molar-refractivity contribution in [2.75, 3.05) is 25.0 Å². The third kappa shape index (κ3) is 4.57. The molecule has 0 unspecified atom stereocenters. The fraction of sp³-hybridized carbons (Fsp3) is 0.440. The van der Waals surface area contributed by atoms with E-state index in [9.17, 15) is 9.59 Å². The number of rotatable bonds is 4. The molecule has 0 saturated carbocycles. The number of para-hydroxylation sites is 1. The summed E-state index contributed by atoms with van der Waals surface area (Å²) in [5.74, 6) is 0.826. The Morgan fingerprint density at radius 3 is 2.53 bits per heavy atom. The van der Waals surface area contributed by atoms with Crippen LogP contribution in [0.25, 0.3) is 0 Å². The number of hydrogen-bond acceptors (Lipinski definition) is 3. The molecule has 0 spiro atoms. The van der Waals surface area contributed by atoms with Crippen LogP contribution in [-0.4, -0.2) is 36.4 Å². The standard InChI is InChI=1S/C25H30N2O3/c1-17-13-18(2)16-27(15-17)25(29)21-9-5-6-10-22(21)26-24(28)14-23-20-8-4-3-7-19(20)11-12-30-23/h3-10,17-18,23H,11-16H2,1-2H3,(H,26,28)/t17-,18+,23-/m0/s1. The minimum absolute atomic E-state index is 0.0106. The molecule has 5 nitrogen and oxygen atoms in total. The van der Waals surface area contributed by atoms with E-state index in [1.165, 1.54) is 5.56 Å². The number of hydrogen-bond donors (Lipinski definition) is 1. The molecule has 158 valence electrons. The lowest BCUT2D eigenvalue weighted by Crippen LogP contribution is -2.42. The molecule has 5 heteroatoms. The second kappa shape index (κ2) is 9.00. The van der Waals surface area contributed by atoms with Gasteiger partial charge in [-0.05, 0) is 47.9 Å². The molecule has 0 bridgehead atoms. The van der Waals surface area contributed by atoms with Crippen LogP contribution in [0.15, 0.2) is 48.5 Å². The number of benzene rings is 2. The third-order valence-electron chi connectivity index (χ3n) is 6.05. The Kier molecular flexibility index (Phi) is 6.18. The van der Waals surface area contributed by atoms with Crippen molar-refractivity contribution in [1.82, 2.24) is 4.90 Å². The lowest BCUT2D eigenvalue weighted by atomic mass is 9.91. The van der Waals surface area contributed by atoms with Gasteiger partial charge in [0.05, 0.1) is 30.4 Å². The molecule has 0 radical (unpaired) electrons. The van der Waals surface area contributed by atoms with Gasteiger partial charge in [-0.25, -0.2) is 0 Å². The molecule has 2 aliphatic heterocycles. The Labute approximate surface area is 178 Å². The van der Waals surface area contributed by atoms with Gasteiger partial charge >= 0.3 is 0 Å². The largest absolute Gasteiger partial charge is 0.373 e. The Morgan fingerprint density at radius 1 is 1.03 bits per heavy atom. The molecule has 1 saturated heterocycles. The SMILES string of the molecule is C[C@@H]1C[C@H](C)CN(C(=O)c2ccccc2NC(=O)C[C@@H]2OCCc3ccccc32)C1. The maximum absolute atomic E-state index is 13.2. The summed E-state index contributed by atoms with van der Waals surface area (Å²) in [7, 11) is 0. The number of anilines is 1. The zero-order valence-corrected chi connectivity index (χ0v) is 17.8. The predicted molar refractivity (Wildman–Crippen MR) is 117 cm³/mol. The summed E-state index contributed by atoms with van der Waals surface area (Å²) in [5, 5.41) is 2.96. The first kappa shape index (κ1) is 20.6. The summed E-state index contributed by atoms with van der Waals surface area (Å²) < 4.78 is 5.87. The zero-order chi connectivity index (χ0) is 21.1. The van der Waals surface area contributed by atoms with Gasteiger partial charge in [0.2, 0.25) is 5.91 Å². The van der Waals surface area contributed by atoms with Crippen LogP contribution in [0.4, 0.5) is 5.69 Å². The van der Waals surface area contributed by atoms with E-state index in [1.807, 2.05) is 35.2 Å². The summed E-state index contributed by atoms with van der Waals surface area (Å²) in [6.07, 6.45) is 2.00. The molecule has 1 fully saturated rings. The van der Waals surface area contributed by atoms with E-state index in [1.54, 1.807) is 12.1 Å². The highest BCUT2D eigenvalue weighted by Gasteiger charge is 2.28. The normalized spacial score (nSPS) is 23.5. The van der Waals surface area contributed by atoms with Crippen molar-refractivity contribution >= 4 is 17.5 Å². The third-order valence-corrected chi connectivity index (χ3v) is 6.05. The average molecular weight is 407 g/mol. The van der Waals surface area contributed by atoms with Crippen LogP contribution < -0.4 is 5.32 Å². The van der Waals surface area contributed by atoms with Crippen molar-refractivity contribution < 1.29 is 14.3 Å². The molecule has 2 aliphatic rings. The van der Waals surface area contributed by atoms with Gasteiger partial charge in [-0.2, -0.15) is 0 Å². The predicted octanol–water partition coefficient (Wildman–Crippen LogP) is 4.45. The van der Waals surface area contributed by atoms with Crippen LogP contribution in [0.2, 0.25) is 0 Å². The molecular weight excluding hydrogens is 376 g/mol. The van der Waals surface area contributed by atoms with Crippen molar-refractivity contribution in [2.24, 2.45) is 11.8 Å². The maximum Gasteiger partial charge on any atom is 0.255 e. The Morgan fingerprint density at radius 2 is 1.73 bits per heavy atom. The number of carbonyl (C=O) groups excluding carboxylic acids is 2. The number of carbonyl (C=O) groups is 2. The molecule has 4 rings (SSSR count). The fourth-order valence-electron chi connectivity index (χ4n) is 4.79. The summed E-state index contributed by atoms with van der Waals surface area (Å²) in [5.41, 5.74) is 3.45. The monoisotopic (exact) mass is 406 g/mol. The van der Waals surface area contributed by atoms with Gasteiger partial charge in [0.15, 0.2) is 0 Å². The first-order valence-electron chi connectivity index (χ1n) is 10.9. The van der Waals surface area contributed by atoms with Crippen LogP contribution in [0.5, 0.6) is 0 Å². The summed E-state index contributed by atoms with van der Waals surface area (Å²) in [6, 6.07) is 15.4. The molecule has 0 aromatic heterocycles. The number of ether oxygens (including phenoxy) is 1. The topological polar surface area (TPSA) is 58.6 Å². The first-order valence-corrected chi connectivity index (χ1v) is 10.9. The molecule has 3 atom stereocenters. The van der Waals surface area contributed by atoms with Crippen LogP contribution in [0.1, 0.15) is 54.3 Å².